The number of hydrogen-bond donors (Lipinski definition) is 1. The fraction of sp³-hybridized carbons (Fsp3) is 0.833. The first-order valence-corrected chi connectivity index (χ1v) is 3.12. The van der Waals surface area contributed by atoms with Crippen LogP contribution < -0.4 is 0 Å². The van der Waals surface area contributed by atoms with Crippen LogP contribution in [0.1, 0.15) is 19.8 Å². The van der Waals surface area contributed by atoms with Crippen molar-refractivity contribution in [2.75, 3.05) is 13.6 Å². The summed E-state index contributed by atoms with van der Waals surface area (Å²) in [6.07, 6.45) is 1.14. The van der Waals surface area contributed by atoms with Crippen molar-refractivity contribution in [1.29, 1.82) is 0 Å². The second-order valence-corrected chi connectivity index (χ2v) is 2.06. The van der Waals surface area contributed by atoms with Crippen molar-refractivity contribution in [2.45, 2.75) is 19.8 Å². The normalized spacial score (nSPS) is 8.20. The topological polar surface area (TPSA) is 40.5 Å². The maximum Gasteiger partial charge on any atom is 0.407 e. The van der Waals surface area contributed by atoms with Crippen molar-refractivity contribution in [1.82, 2.24) is 4.90 Å². The molecule has 0 aliphatic rings. The zero-order valence-corrected chi connectivity index (χ0v) is 7.15. The summed E-state index contributed by atoms with van der Waals surface area (Å²) < 4.78 is 0. The average Bonchev–Trinajstić information content (AvgIpc) is 1.82. The highest BCUT2D eigenvalue weighted by Crippen LogP contribution is 1.90. The summed E-state index contributed by atoms with van der Waals surface area (Å²) in [6.45, 7) is 2.68. The highest BCUT2D eigenvalue weighted by atomic mass is 35.5. The van der Waals surface area contributed by atoms with E-state index in [4.69, 9.17) is 5.11 Å². The first-order chi connectivity index (χ1) is 4.18. The molecular weight excluding hydrogens is 154 g/mol. The lowest BCUT2D eigenvalue weighted by Gasteiger charge is -2.10. The van der Waals surface area contributed by atoms with Gasteiger partial charge in [-0.15, -0.1) is 12.4 Å². The van der Waals surface area contributed by atoms with Crippen LogP contribution in [0.3, 0.4) is 0 Å². The van der Waals surface area contributed by atoms with Crippen LogP contribution in [0.2, 0.25) is 0 Å². The maximum atomic E-state index is 10.1. The molecule has 10 heavy (non-hydrogen) atoms. The lowest BCUT2D eigenvalue weighted by molar-refractivity contribution is 0.155. The molecule has 0 spiro atoms. The van der Waals surface area contributed by atoms with E-state index in [1.54, 1.807) is 7.05 Å². The SMILES string of the molecule is CCCCN(C)C(=O)O.Cl. The zero-order valence-electron chi connectivity index (χ0n) is 6.33. The van der Waals surface area contributed by atoms with Gasteiger partial charge in [0.1, 0.15) is 0 Å². The number of unbranched alkanes of at least 4 members (excludes halogenated alkanes) is 1. The van der Waals surface area contributed by atoms with Gasteiger partial charge in [0.15, 0.2) is 0 Å². The van der Waals surface area contributed by atoms with Crippen LogP contribution in [0.5, 0.6) is 0 Å². The molecule has 0 rings (SSSR count). The molecule has 0 aromatic rings. The monoisotopic (exact) mass is 167 g/mol. The number of amides is 1. The molecule has 0 aromatic heterocycles. The van der Waals surface area contributed by atoms with E-state index in [0.717, 1.165) is 12.8 Å². The number of carbonyl (C=O) groups is 1. The summed E-state index contributed by atoms with van der Waals surface area (Å²) in [7, 11) is 1.58. The van der Waals surface area contributed by atoms with Crippen LogP contribution in [-0.2, 0) is 0 Å². The van der Waals surface area contributed by atoms with E-state index in [2.05, 4.69) is 0 Å². The molecule has 0 unspecified atom stereocenters. The maximum absolute atomic E-state index is 10.1. The first kappa shape index (κ1) is 12.3. The van der Waals surface area contributed by atoms with E-state index in [9.17, 15) is 4.79 Å². The predicted octanol–water partition coefficient (Wildman–Crippen LogP) is 1.82. The molecule has 1 amide bonds. The van der Waals surface area contributed by atoms with Gasteiger partial charge in [-0.05, 0) is 6.42 Å². The van der Waals surface area contributed by atoms with Gasteiger partial charge in [-0.25, -0.2) is 4.79 Å². The van der Waals surface area contributed by atoms with E-state index in [-0.39, 0.29) is 12.4 Å². The molecule has 0 saturated heterocycles. The van der Waals surface area contributed by atoms with Crippen molar-refractivity contribution in [3.8, 4) is 0 Å². The van der Waals surface area contributed by atoms with E-state index < -0.39 is 6.09 Å². The third kappa shape index (κ3) is 5.69. The van der Waals surface area contributed by atoms with Crippen LogP contribution in [0, 0.1) is 0 Å². The number of nitrogens with zero attached hydrogens (tertiary/aromatic N) is 1. The van der Waals surface area contributed by atoms with Crippen molar-refractivity contribution in [3.05, 3.63) is 0 Å². The third-order valence-corrected chi connectivity index (χ3v) is 1.17. The quantitative estimate of drug-likeness (QED) is 0.697. The lowest BCUT2D eigenvalue weighted by Crippen LogP contribution is -2.25. The van der Waals surface area contributed by atoms with Crippen LogP contribution >= 0.6 is 12.4 Å². The van der Waals surface area contributed by atoms with Gasteiger partial charge < -0.3 is 10.0 Å². The summed E-state index contributed by atoms with van der Waals surface area (Å²) in [5, 5.41) is 8.33. The van der Waals surface area contributed by atoms with Gasteiger partial charge in [0, 0.05) is 13.6 Å². The molecule has 0 heterocycles. The predicted molar refractivity (Wildman–Crippen MR) is 42.8 cm³/mol. The Balaban J connectivity index is 0. The summed E-state index contributed by atoms with van der Waals surface area (Å²) in [5.41, 5.74) is 0. The second kappa shape index (κ2) is 6.68. The Morgan fingerprint density at radius 1 is 1.60 bits per heavy atom. The number of rotatable bonds is 3. The van der Waals surface area contributed by atoms with E-state index in [0.29, 0.717) is 6.54 Å². The highest BCUT2D eigenvalue weighted by Gasteiger charge is 2.01. The van der Waals surface area contributed by atoms with Gasteiger partial charge in [-0.2, -0.15) is 0 Å². The van der Waals surface area contributed by atoms with Crippen molar-refractivity contribution >= 4 is 18.5 Å². The van der Waals surface area contributed by atoms with Crippen LogP contribution in [0.4, 0.5) is 4.79 Å². The van der Waals surface area contributed by atoms with Crippen molar-refractivity contribution in [3.63, 3.8) is 0 Å². The highest BCUT2D eigenvalue weighted by molar-refractivity contribution is 5.85. The fourth-order valence-electron chi connectivity index (χ4n) is 0.491. The first-order valence-electron chi connectivity index (χ1n) is 3.12. The molecule has 0 fully saturated rings. The molecule has 0 aliphatic heterocycles. The van der Waals surface area contributed by atoms with Gasteiger partial charge >= 0.3 is 6.09 Å². The largest absolute Gasteiger partial charge is 0.465 e. The molecule has 0 aromatic carbocycles. The van der Waals surface area contributed by atoms with Crippen molar-refractivity contribution in [2.24, 2.45) is 0 Å². The van der Waals surface area contributed by atoms with Crippen LogP contribution in [0.15, 0.2) is 0 Å². The standard InChI is InChI=1S/C6H13NO2.ClH/c1-3-4-5-7(2)6(8)9;/h3-5H2,1-2H3,(H,8,9);1H. The molecule has 0 bridgehead atoms. The molecule has 0 atom stereocenters. The minimum absolute atomic E-state index is 0. The van der Waals surface area contributed by atoms with Crippen molar-refractivity contribution < 1.29 is 9.90 Å². The number of halogens is 1. The lowest BCUT2D eigenvalue weighted by atomic mass is 10.3. The van der Waals surface area contributed by atoms with E-state index in [1.165, 1.54) is 4.90 Å². The van der Waals surface area contributed by atoms with Gasteiger partial charge in [-0.3, -0.25) is 0 Å². The second-order valence-electron chi connectivity index (χ2n) is 2.06. The Hall–Kier alpha value is -0.440. The minimum Gasteiger partial charge on any atom is -0.465 e. The van der Waals surface area contributed by atoms with Gasteiger partial charge in [0.25, 0.3) is 0 Å². The Kier molecular flexibility index (Phi) is 8.18. The zero-order chi connectivity index (χ0) is 7.28. The number of hydrogen-bond acceptors (Lipinski definition) is 1. The molecular formula is C6H14ClNO2. The van der Waals surface area contributed by atoms with Gasteiger partial charge in [0.2, 0.25) is 0 Å². The summed E-state index contributed by atoms with van der Waals surface area (Å²) >= 11 is 0. The fourth-order valence-corrected chi connectivity index (χ4v) is 0.491. The summed E-state index contributed by atoms with van der Waals surface area (Å²) in [4.78, 5) is 11.4. The summed E-state index contributed by atoms with van der Waals surface area (Å²) in [5.74, 6) is 0. The molecule has 0 aliphatic carbocycles. The number of carboxylic acid groups (broad SMARTS) is 1. The van der Waals surface area contributed by atoms with Crippen LogP contribution in [0.25, 0.3) is 0 Å². The van der Waals surface area contributed by atoms with Crippen LogP contribution in [-0.4, -0.2) is 29.7 Å². The van der Waals surface area contributed by atoms with E-state index >= 15 is 0 Å². The molecule has 4 heteroatoms. The Labute approximate surface area is 67.4 Å². The molecule has 3 nitrogen and oxygen atoms in total. The van der Waals surface area contributed by atoms with Gasteiger partial charge in [-0.1, -0.05) is 13.3 Å². The molecule has 0 radical (unpaired) electrons. The Bertz CT molecular complexity index is 97.7. The average molecular weight is 168 g/mol. The molecule has 1 N–H and O–H groups in total. The van der Waals surface area contributed by atoms with Gasteiger partial charge in [0.05, 0.1) is 0 Å². The summed E-state index contributed by atoms with van der Waals surface area (Å²) in [6, 6.07) is 0. The third-order valence-electron chi connectivity index (χ3n) is 1.17. The minimum atomic E-state index is -0.844. The Morgan fingerprint density at radius 2 is 2.10 bits per heavy atom. The van der Waals surface area contributed by atoms with E-state index in [1.807, 2.05) is 6.92 Å². The molecule has 62 valence electrons. The molecule has 0 saturated carbocycles. The smallest absolute Gasteiger partial charge is 0.407 e. The Morgan fingerprint density at radius 3 is 2.40 bits per heavy atom.